The number of rotatable bonds is 7. The molecule has 2 rings (SSSR count). The predicted molar refractivity (Wildman–Crippen MR) is 111 cm³/mol. The molecule has 0 aliphatic heterocycles. The summed E-state index contributed by atoms with van der Waals surface area (Å²) in [6.07, 6.45) is 1.55. The lowest BCUT2D eigenvalue weighted by molar-refractivity contribution is 0.0955. The average molecular weight is 485 g/mol. The van der Waals surface area contributed by atoms with Gasteiger partial charge in [-0.15, -0.1) is 0 Å². The fourth-order valence-corrected chi connectivity index (χ4v) is 4.35. The van der Waals surface area contributed by atoms with Gasteiger partial charge in [-0.05, 0) is 46.9 Å². The molecule has 0 aliphatic carbocycles. The summed E-state index contributed by atoms with van der Waals surface area (Å²) in [5.74, 6) is -0.469. The molecule has 0 aromatic heterocycles. The molecule has 0 bridgehead atoms. The molecule has 1 amide bonds. The highest BCUT2D eigenvalue weighted by molar-refractivity contribution is 14.1. The number of halogens is 1. The molecule has 0 heterocycles. The van der Waals surface area contributed by atoms with Gasteiger partial charge in [0.25, 0.3) is 5.91 Å². The molecule has 0 spiro atoms. The van der Waals surface area contributed by atoms with Crippen molar-refractivity contribution < 1.29 is 13.2 Å². The van der Waals surface area contributed by atoms with Gasteiger partial charge in [-0.2, -0.15) is 9.41 Å². The number of hydrazone groups is 1. The molecule has 0 fully saturated rings. The normalized spacial score (nSPS) is 11.8. The molecule has 0 atom stereocenters. The third-order valence-electron chi connectivity index (χ3n) is 3.71. The molecule has 6 nitrogen and oxygen atoms in total. The van der Waals surface area contributed by atoms with Crippen LogP contribution in [0.1, 0.15) is 29.8 Å². The van der Waals surface area contributed by atoms with Crippen LogP contribution in [0.2, 0.25) is 0 Å². The van der Waals surface area contributed by atoms with Crippen molar-refractivity contribution in [2.45, 2.75) is 18.7 Å². The van der Waals surface area contributed by atoms with Crippen molar-refractivity contribution in [2.75, 3.05) is 13.1 Å². The van der Waals surface area contributed by atoms with Crippen LogP contribution in [0, 0.1) is 3.57 Å². The van der Waals surface area contributed by atoms with Gasteiger partial charge in [0.05, 0.1) is 11.1 Å². The van der Waals surface area contributed by atoms with E-state index in [9.17, 15) is 13.2 Å². The molecule has 138 valence electrons. The number of carbonyl (C=O) groups is 1. The Balaban J connectivity index is 2.17. The smallest absolute Gasteiger partial charge is 0.267 e. The van der Waals surface area contributed by atoms with Gasteiger partial charge >= 0.3 is 0 Å². The second-order valence-electron chi connectivity index (χ2n) is 5.34. The van der Waals surface area contributed by atoms with Crippen LogP contribution in [0.4, 0.5) is 0 Å². The van der Waals surface area contributed by atoms with E-state index in [0.29, 0.717) is 13.1 Å². The summed E-state index contributed by atoms with van der Waals surface area (Å²) in [4.78, 5) is 12.4. The van der Waals surface area contributed by atoms with Crippen molar-refractivity contribution >= 4 is 44.7 Å². The molecule has 0 radical (unpaired) electrons. The lowest BCUT2D eigenvalue weighted by Gasteiger charge is -2.18. The molecular formula is C18H20IN3O3S. The van der Waals surface area contributed by atoms with Gasteiger partial charge in [0.2, 0.25) is 10.0 Å². The Kier molecular flexibility index (Phi) is 7.30. The quantitative estimate of drug-likeness (QED) is 0.372. The summed E-state index contributed by atoms with van der Waals surface area (Å²) in [6, 6.07) is 13.6. The number of carbonyl (C=O) groups excluding carboxylic acids is 1. The number of nitrogens with one attached hydrogen (secondary N) is 1. The van der Waals surface area contributed by atoms with E-state index in [1.54, 1.807) is 32.2 Å². The lowest BCUT2D eigenvalue weighted by atomic mass is 10.2. The van der Waals surface area contributed by atoms with Crippen LogP contribution in [0.3, 0.4) is 0 Å². The van der Waals surface area contributed by atoms with Gasteiger partial charge in [0.1, 0.15) is 0 Å². The average Bonchev–Trinajstić information content (AvgIpc) is 2.64. The minimum Gasteiger partial charge on any atom is -0.267 e. The third-order valence-corrected chi connectivity index (χ3v) is 6.74. The SMILES string of the molecule is CCN(CC)S(=O)(=O)c1cccc(C(=O)N/N=C\c2ccccc2I)c1. The second-order valence-corrected chi connectivity index (χ2v) is 8.44. The molecule has 2 aromatic rings. The summed E-state index contributed by atoms with van der Waals surface area (Å²) < 4.78 is 27.5. The van der Waals surface area contributed by atoms with Crippen LogP contribution < -0.4 is 5.43 Å². The molecule has 8 heteroatoms. The Hall–Kier alpha value is -1.78. The monoisotopic (exact) mass is 485 g/mol. The molecule has 0 saturated heterocycles. The van der Waals surface area contributed by atoms with E-state index in [2.05, 4.69) is 33.1 Å². The van der Waals surface area contributed by atoms with Crippen molar-refractivity contribution in [2.24, 2.45) is 5.10 Å². The zero-order valence-electron chi connectivity index (χ0n) is 14.5. The first-order valence-electron chi connectivity index (χ1n) is 8.08. The van der Waals surface area contributed by atoms with E-state index in [1.165, 1.54) is 16.4 Å². The molecule has 0 aliphatic rings. The van der Waals surface area contributed by atoms with Gasteiger partial charge < -0.3 is 0 Å². The number of benzene rings is 2. The van der Waals surface area contributed by atoms with E-state index >= 15 is 0 Å². The summed E-state index contributed by atoms with van der Waals surface area (Å²) in [5.41, 5.74) is 3.54. The summed E-state index contributed by atoms with van der Waals surface area (Å²) in [5, 5.41) is 3.95. The second kappa shape index (κ2) is 9.24. The van der Waals surface area contributed by atoms with E-state index in [4.69, 9.17) is 0 Å². The first kappa shape index (κ1) is 20.5. The highest BCUT2D eigenvalue weighted by Crippen LogP contribution is 2.17. The van der Waals surface area contributed by atoms with Crippen LogP contribution in [0.15, 0.2) is 58.5 Å². The molecule has 1 N–H and O–H groups in total. The standard InChI is InChI=1S/C18H20IN3O3S/c1-3-22(4-2)26(24,25)16-10-7-9-14(12-16)18(23)21-20-13-15-8-5-6-11-17(15)19/h5-13H,3-4H2,1-2H3,(H,21,23)/b20-13-. The number of sulfonamides is 1. The summed E-state index contributed by atoms with van der Waals surface area (Å²) >= 11 is 2.18. The van der Waals surface area contributed by atoms with Crippen molar-refractivity contribution in [3.8, 4) is 0 Å². The maximum Gasteiger partial charge on any atom is 0.271 e. The van der Waals surface area contributed by atoms with Crippen LogP contribution in [-0.4, -0.2) is 37.9 Å². The highest BCUT2D eigenvalue weighted by Gasteiger charge is 2.22. The van der Waals surface area contributed by atoms with E-state index < -0.39 is 15.9 Å². The minimum atomic E-state index is -3.61. The van der Waals surface area contributed by atoms with Crippen LogP contribution in [0.5, 0.6) is 0 Å². The molecule has 0 unspecified atom stereocenters. The maximum absolute atomic E-state index is 12.6. The Labute approximate surface area is 167 Å². The predicted octanol–water partition coefficient (Wildman–Crippen LogP) is 3.09. The van der Waals surface area contributed by atoms with Crippen molar-refractivity contribution in [3.05, 3.63) is 63.2 Å². The zero-order valence-corrected chi connectivity index (χ0v) is 17.5. The van der Waals surface area contributed by atoms with Gasteiger partial charge in [-0.25, -0.2) is 13.8 Å². The first-order valence-corrected chi connectivity index (χ1v) is 10.6. The Morgan fingerprint density at radius 3 is 2.50 bits per heavy atom. The number of amides is 1. The topological polar surface area (TPSA) is 78.8 Å². The van der Waals surface area contributed by atoms with Gasteiger partial charge in [-0.1, -0.05) is 38.1 Å². The van der Waals surface area contributed by atoms with Gasteiger partial charge in [-0.3, -0.25) is 4.79 Å². The van der Waals surface area contributed by atoms with Crippen LogP contribution in [0.25, 0.3) is 0 Å². The third kappa shape index (κ3) is 4.89. The van der Waals surface area contributed by atoms with Crippen molar-refractivity contribution in [1.82, 2.24) is 9.73 Å². The molecule has 2 aromatic carbocycles. The molecule has 0 saturated carbocycles. The maximum atomic E-state index is 12.6. The first-order chi connectivity index (χ1) is 12.4. The summed E-state index contributed by atoms with van der Waals surface area (Å²) in [6.45, 7) is 4.29. The van der Waals surface area contributed by atoms with Crippen molar-refractivity contribution in [3.63, 3.8) is 0 Å². The zero-order chi connectivity index (χ0) is 19.2. The Bertz CT molecular complexity index is 909. The molecule has 26 heavy (non-hydrogen) atoms. The van der Waals surface area contributed by atoms with E-state index in [0.717, 1.165) is 9.13 Å². The van der Waals surface area contributed by atoms with E-state index in [-0.39, 0.29) is 10.5 Å². The number of hydrogen-bond acceptors (Lipinski definition) is 4. The van der Waals surface area contributed by atoms with Gasteiger partial charge in [0, 0.05) is 27.8 Å². The number of nitrogens with zero attached hydrogens (tertiary/aromatic N) is 2. The number of hydrogen-bond donors (Lipinski definition) is 1. The Morgan fingerprint density at radius 1 is 1.15 bits per heavy atom. The minimum absolute atomic E-state index is 0.0930. The summed E-state index contributed by atoms with van der Waals surface area (Å²) in [7, 11) is -3.61. The van der Waals surface area contributed by atoms with Gasteiger partial charge in [0.15, 0.2) is 0 Å². The van der Waals surface area contributed by atoms with Crippen molar-refractivity contribution in [1.29, 1.82) is 0 Å². The lowest BCUT2D eigenvalue weighted by Crippen LogP contribution is -2.30. The van der Waals surface area contributed by atoms with Crippen LogP contribution >= 0.6 is 22.6 Å². The fraction of sp³-hybridized carbons (Fsp3) is 0.222. The highest BCUT2D eigenvalue weighted by atomic mass is 127. The van der Waals surface area contributed by atoms with E-state index in [1.807, 2.05) is 24.3 Å². The van der Waals surface area contributed by atoms with Crippen LogP contribution in [-0.2, 0) is 10.0 Å². The Morgan fingerprint density at radius 2 is 1.85 bits per heavy atom. The largest absolute Gasteiger partial charge is 0.271 e. The molecular weight excluding hydrogens is 465 g/mol. The fourth-order valence-electron chi connectivity index (χ4n) is 2.32.